The smallest absolute Gasteiger partial charge is 0.354 e. The first-order chi connectivity index (χ1) is 7.75. The summed E-state index contributed by atoms with van der Waals surface area (Å²) >= 11 is 1.71. The molecule has 1 saturated heterocycles. The lowest BCUT2D eigenvalue weighted by Crippen LogP contribution is -2.17. The average Bonchev–Trinajstić information content (AvgIpc) is 2.30. The van der Waals surface area contributed by atoms with Gasteiger partial charge in [-0.3, -0.25) is 0 Å². The molecule has 0 amide bonds. The zero-order valence-electron chi connectivity index (χ0n) is 8.76. The van der Waals surface area contributed by atoms with E-state index in [1.165, 1.54) is 0 Å². The Kier molecular flexibility index (Phi) is 3.79. The zero-order valence-corrected chi connectivity index (χ0v) is 9.57. The van der Waals surface area contributed by atoms with E-state index in [4.69, 9.17) is 9.84 Å². The summed E-state index contributed by atoms with van der Waals surface area (Å²) < 4.78 is 5.28. The van der Waals surface area contributed by atoms with Crippen LogP contribution in [0.15, 0.2) is 23.2 Å². The highest BCUT2D eigenvalue weighted by Crippen LogP contribution is 2.29. The van der Waals surface area contributed by atoms with E-state index in [0.29, 0.717) is 5.25 Å². The molecule has 1 fully saturated rings. The number of ether oxygens (including phenoxy) is 1. The van der Waals surface area contributed by atoms with Crippen molar-refractivity contribution in [3.05, 3.63) is 24.0 Å². The third-order valence-electron chi connectivity index (χ3n) is 2.42. The van der Waals surface area contributed by atoms with Crippen molar-refractivity contribution in [2.45, 2.75) is 23.0 Å². The Balaban J connectivity index is 2.02. The SMILES string of the molecule is O=C(O)c1cc(SC2CCOCC2)ccn1. The molecule has 0 spiro atoms. The number of hydrogen-bond donors (Lipinski definition) is 1. The molecule has 2 heterocycles. The van der Waals surface area contributed by atoms with Crippen LogP contribution in [0.4, 0.5) is 0 Å². The normalized spacial score (nSPS) is 17.2. The predicted molar refractivity (Wildman–Crippen MR) is 60.9 cm³/mol. The van der Waals surface area contributed by atoms with Gasteiger partial charge in [-0.15, -0.1) is 11.8 Å². The fourth-order valence-electron chi connectivity index (χ4n) is 1.59. The fraction of sp³-hybridized carbons (Fsp3) is 0.455. The first-order valence-corrected chi connectivity index (χ1v) is 6.07. The summed E-state index contributed by atoms with van der Waals surface area (Å²) in [4.78, 5) is 15.5. The number of hydrogen-bond acceptors (Lipinski definition) is 4. The summed E-state index contributed by atoms with van der Waals surface area (Å²) in [6, 6.07) is 3.48. The molecule has 1 aromatic rings. The van der Waals surface area contributed by atoms with Gasteiger partial charge in [0.25, 0.3) is 0 Å². The summed E-state index contributed by atoms with van der Waals surface area (Å²) in [5, 5.41) is 9.35. The maximum absolute atomic E-state index is 10.8. The molecule has 1 aliphatic heterocycles. The molecule has 0 radical (unpaired) electrons. The molecule has 1 N–H and O–H groups in total. The van der Waals surface area contributed by atoms with Crippen LogP contribution in [0, 0.1) is 0 Å². The number of nitrogens with zero attached hydrogens (tertiary/aromatic N) is 1. The molecule has 1 aromatic heterocycles. The zero-order chi connectivity index (χ0) is 11.4. The van der Waals surface area contributed by atoms with Gasteiger partial charge in [-0.2, -0.15) is 0 Å². The molecule has 5 heteroatoms. The van der Waals surface area contributed by atoms with E-state index in [2.05, 4.69) is 4.98 Å². The van der Waals surface area contributed by atoms with E-state index in [9.17, 15) is 4.79 Å². The first-order valence-electron chi connectivity index (χ1n) is 5.19. The van der Waals surface area contributed by atoms with Crippen LogP contribution >= 0.6 is 11.8 Å². The van der Waals surface area contributed by atoms with Crippen LogP contribution < -0.4 is 0 Å². The van der Waals surface area contributed by atoms with Crippen molar-refractivity contribution >= 4 is 17.7 Å². The lowest BCUT2D eigenvalue weighted by molar-refractivity contribution is 0.0690. The minimum absolute atomic E-state index is 0.108. The molecule has 0 unspecified atom stereocenters. The first kappa shape index (κ1) is 11.4. The fourth-order valence-corrected chi connectivity index (χ4v) is 2.72. The summed E-state index contributed by atoms with van der Waals surface area (Å²) in [5.41, 5.74) is 0.108. The van der Waals surface area contributed by atoms with Gasteiger partial charge in [-0.1, -0.05) is 0 Å². The molecule has 0 aromatic carbocycles. The van der Waals surface area contributed by atoms with Gasteiger partial charge in [-0.25, -0.2) is 9.78 Å². The lowest BCUT2D eigenvalue weighted by Gasteiger charge is -2.21. The molecular formula is C11H13NO3S. The van der Waals surface area contributed by atoms with Crippen molar-refractivity contribution in [3.63, 3.8) is 0 Å². The molecule has 4 nitrogen and oxygen atoms in total. The minimum atomic E-state index is -0.977. The van der Waals surface area contributed by atoms with Crippen molar-refractivity contribution in [2.75, 3.05) is 13.2 Å². The molecule has 0 atom stereocenters. The maximum atomic E-state index is 10.8. The molecule has 2 rings (SSSR count). The molecule has 1 aliphatic rings. The second kappa shape index (κ2) is 5.32. The summed E-state index contributed by atoms with van der Waals surface area (Å²) in [5.74, 6) is -0.977. The Morgan fingerprint density at radius 1 is 1.50 bits per heavy atom. The summed E-state index contributed by atoms with van der Waals surface area (Å²) in [6.07, 6.45) is 3.59. The molecule has 86 valence electrons. The van der Waals surface area contributed by atoms with Crippen molar-refractivity contribution in [1.82, 2.24) is 4.98 Å². The number of carbonyl (C=O) groups is 1. The maximum Gasteiger partial charge on any atom is 0.354 e. The number of pyridine rings is 1. The topological polar surface area (TPSA) is 59.4 Å². The van der Waals surface area contributed by atoms with Crippen molar-refractivity contribution < 1.29 is 14.6 Å². The highest BCUT2D eigenvalue weighted by Gasteiger charge is 2.15. The van der Waals surface area contributed by atoms with Crippen LogP contribution in [0.1, 0.15) is 23.3 Å². The molecule has 0 aliphatic carbocycles. The van der Waals surface area contributed by atoms with Crippen LogP contribution in [0.5, 0.6) is 0 Å². The third kappa shape index (κ3) is 2.96. The van der Waals surface area contributed by atoms with Gasteiger partial charge in [0.1, 0.15) is 5.69 Å². The number of aromatic carboxylic acids is 1. The van der Waals surface area contributed by atoms with Crippen LogP contribution in [0.25, 0.3) is 0 Å². The second-order valence-corrected chi connectivity index (χ2v) is 4.99. The lowest BCUT2D eigenvalue weighted by atomic mass is 10.2. The average molecular weight is 239 g/mol. The van der Waals surface area contributed by atoms with Gasteiger partial charge < -0.3 is 9.84 Å². The minimum Gasteiger partial charge on any atom is -0.477 e. The second-order valence-electron chi connectivity index (χ2n) is 3.61. The van der Waals surface area contributed by atoms with E-state index in [1.54, 1.807) is 24.0 Å². The Morgan fingerprint density at radius 2 is 2.25 bits per heavy atom. The number of carboxylic acid groups (broad SMARTS) is 1. The number of rotatable bonds is 3. The van der Waals surface area contributed by atoms with Gasteiger partial charge >= 0.3 is 5.97 Å². The van der Waals surface area contributed by atoms with E-state index in [0.717, 1.165) is 31.0 Å². The van der Waals surface area contributed by atoms with Gasteiger partial charge in [-0.05, 0) is 25.0 Å². The van der Waals surface area contributed by atoms with Crippen molar-refractivity contribution in [1.29, 1.82) is 0 Å². The Bertz CT molecular complexity index is 377. The molecule has 0 saturated carbocycles. The third-order valence-corrected chi connectivity index (χ3v) is 3.75. The van der Waals surface area contributed by atoms with E-state index < -0.39 is 5.97 Å². The largest absolute Gasteiger partial charge is 0.477 e. The monoisotopic (exact) mass is 239 g/mol. The van der Waals surface area contributed by atoms with Crippen LogP contribution in [-0.4, -0.2) is 34.5 Å². The van der Waals surface area contributed by atoms with E-state index >= 15 is 0 Å². The van der Waals surface area contributed by atoms with Crippen LogP contribution in [0.2, 0.25) is 0 Å². The summed E-state index contributed by atoms with van der Waals surface area (Å²) in [7, 11) is 0. The van der Waals surface area contributed by atoms with Crippen LogP contribution in [0.3, 0.4) is 0 Å². The Hall–Kier alpha value is -1.07. The van der Waals surface area contributed by atoms with Gasteiger partial charge in [0.15, 0.2) is 0 Å². The summed E-state index contributed by atoms with van der Waals surface area (Å²) in [6.45, 7) is 1.60. The van der Waals surface area contributed by atoms with Gasteiger partial charge in [0.2, 0.25) is 0 Å². The molecular weight excluding hydrogens is 226 g/mol. The molecule has 16 heavy (non-hydrogen) atoms. The van der Waals surface area contributed by atoms with Crippen LogP contribution in [-0.2, 0) is 4.74 Å². The Labute approximate surface area is 98.0 Å². The highest BCUT2D eigenvalue weighted by atomic mass is 32.2. The number of thioether (sulfide) groups is 1. The van der Waals surface area contributed by atoms with E-state index in [1.807, 2.05) is 6.07 Å². The van der Waals surface area contributed by atoms with Gasteiger partial charge in [0, 0.05) is 29.6 Å². The quantitative estimate of drug-likeness (QED) is 0.874. The predicted octanol–water partition coefficient (Wildman–Crippen LogP) is 2.05. The number of aromatic nitrogens is 1. The van der Waals surface area contributed by atoms with Crippen molar-refractivity contribution in [3.8, 4) is 0 Å². The highest BCUT2D eigenvalue weighted by molar-refractivity contribution is 8.00. The Morgan fingerprint density at radius 3 is 2.94 bits per heavy atom. The number of carboxylic acids is 1. The van der Waals surface area contributed by atoms with Gasteiger partial charge in [0.05, 0.1) is 0 Å². The molecule has 0 bridgehead atoms. The van der Waals surface area contributed by atoms with E-state index in [-0.39, 0.29) is 5.69 Å². The standard InChI is InChI=1S/C11H13NO3S/c13-11(14)10-7-9(1-4-12-10)16-8-2-5-15-6-3-8/h1,4,7-8H,2-3,5-6H2,(H,13,14). The van der Waals surface area contributed by atoms with Crippen molar-refractivity contribution in [2.24, 2.45) is 0 Å².